The molecule has 4 heterocycles. The molecule has 1 aliphatic rings. The minimum atomic E-state index is -0.155. The lowest BCUT2D eigenvalue weighted by Gasteiger charge is -2.37. The first-order chi connectivity index (χ1) is 15.6. The van der Waals surface area contributed by atoms with Crippen molar-refractivity contribution in [2.24, 2.45) is 7.05 Å². The SMILES string of the molecule is Cn1c(N2CCN(c3ccc4c(=O)n(CCO)cnc4c3)CC2)nc2ncccc2c1=O. The highest BCUT2D eigenvalue weighted by Gasteiger charge is 2.22. The van der Waals surface area contributed by atoms with E-state index in [-0.39, 0.29) is 24.3 Å². The van der Waals surface area contributed by atoms with Crippen molar-refractivity contribution in [2.45, 2.75) is 6.54 Å². The largest absolute Gasteiger partial charge is 0.395 e. The van der Waals surface area contributed by atoms with Gasteiger partial charge in [0.1, 0.15) is 0 Å². The third kappa shape index (κ3) is 3.38. The van der Waals surface area contributed by atoms with Gasteiger partial charge in [-0.15, -0.1) is 0 Å². The van der Waals surface area contributed by atoms with Crippen molar-refractivity contribution in [1.29, 1.82) is 0 Å². The molecule has 1 aromatic carbocycles. The average molecular weight is 433 g/mol. The van der Waals surface area contributed by atoms with Gasteiger partial charge in [-0.2, -0.15) is 4.98 Å². The van der Waals surface area contributed by atoms with Crippen molar-refractivity contribution < 1.29 is 5.11 Å². The number of nitrogens with zero attached hydrogens (tertiary/aromatic N) is 7. The second kappa shape index (κ2) is 8.04. The summed E-state index contributed by atoms with van der Waals surface area (Å²) in [5.74, 6) is 0.616. The van der Waals surface area contributed by atoms with Crippen molar-refractivity contribution in [1.82, 2.24) is 24.1 Å². The smallest absolute Gasteiger partial charge is 0.264 e. The number of aromatic nitrogens is 5. The molecule has 1 aliphatic heterocycles. The van der Waals surface area contributed by atoms with E-state index in [1.165, 1.54) is 10.9 Å². The Hall–Kier alpha value is -3.79. The zero-order valence-electron chi connectivity index (χ0n) is 17.7. The molecular weight excluding hydrogens is 410 g/mol. The summed E-state index contributed by atoms with van der Waals surface area (Å²) >= 11 is 0. The third-order valence-corrected chi connectivity index (χ3v) is 5.90. The van der Waals surface area contributed by atoms with Crippen LogP contribution in [0.5, 0.6) is 0 Å². The molecule has 164 valence electrons. The second-order valence-electron chi connectivity index (χ2n) is 7.79. The molecule has 3 aromatic heterocycles. The van der Waals surface area contributed by atoms with E-state index in [0.29, 0.717) is 41.0 Å². The number of pyridine rings is 1. The van der Waals surface area contributed by atoms with E-state index in [4.69, 9.17) is 5.11 Å². The summed E-state index contributed by atoms with van der Waals surface area (Å²) < 4.78 is 2.99. The summed E-state index contributed by atoms with van der Waals surface area (Å²) in [7, 11) is 1.74. The van der Waals surface area contributed by atoms with Gasteiger partial charge in [0.05, 0.1) is 35.8 Å². The Morgan fingerprint density at radius 1 is 0.969 bits per heavy atom. The molecule has 10 nitrogen and oxygen atoms in total. The fraction of sp³-hybridized carbons (Fsp3) is 0.318. The second-order valence-corrected chi connectivity index (χ2v) is 7.79. The standard InChI is InChI=1S/C22H23N7O3/c1-26-20(31)17-3-2-6-23-19(17)25-22(26)28-9-7-27(8-10-28)15-4-5-16-18(13-15)24-14-29(11-12-30)21(16)32/h2-6,13-14,30H,7-12H2,1H3. The molecule has 0 spiro atoms. The number of benzene rings is 1. The highest BCUT2D eigenvalue weighted by atomic mass is 16.3. The first kappa shape index (κ1) is 20.1. The molecule has 0 aliphatic carbocycles. The average Bonchev–Trinajstić information content (AvgIpc) is 2.83. The van der Waals surface area contributed by atoms with Gasteiger partial charge in [0.25, 0.3) is 11.1 Å². The molecule has 5 rings (SSSR count). The number of piperazine rings is 1. The van der Waals surface area contributed by atoms with E-state index in [0.717, 1.165) is 18.8 Å². The first-order valence-corrected chi connectivity index (χ1v) is 10.5. The molecule has 0 unspecified atom stereocenters. The van der Waals surface area contributed by atoms with E-state index in [2.05, 4.69) is 24.8 Å². The van der Waals surface area contributed by atoms with Crippen LogP contribution < -0.4 is 20.9 Å². The number of aliphatic hydroxyl groups excluding tert-OH is 1. The number of fused-ring (bicyclic) bond motifs is 2. The number of hydrogen-bond acceptors (Lipinski definition) is 8. The van der Waals surface area contributed by atoms with Crippen LogP contribution >= 0.6 is 0 Å². The minimum absolute atomic E-state index is 0.104. The molecule has 0 bridgehead atoms. The Balaban J connectivity index is 1.38. The van der Waals surface area contributed by atoms with Crippen molar-refractivity contribution in [2.75, 3.05) is 42.6 Å². The zero-order valence-corrected chi connectivity index (χ0v) is 17.7. The van der Waals surface area contributed by atoms with Crippen molar-refractivity contribution in [3.63, 3.8) is 0 Å². The maximum absolute atomic E-state index is 12.7. The maximum Gasteiger partial charge on any atom is 0.264 e. The van der Waals surface area contributed by atoms with Gasteiger partial charge >= 0.3 is 0 Å². The first-order valence-electron chi connectivity index (χ1n) is 10.5. The van der Waals surface area contributed by atoms with Crippen LogP contribution in [0.3, 0.4) is 0 Å². The van der Waals surface area contributed by atoms with Gasteiger partial charge in [0.15, 0.2) is 5.65 Å². The lowest BCUT2D eigenvalue weighted by atomic mass is 10.2. The van der Waals surface area contributed by atoms with Gasteiger partial charge < -0.3 is 14.9 Å². The van der Waals surface area contributed by atoms with Gasteiger partial charge in [0, 0.05) is 45.1 Å². The lowest BCUT2D eigenvalue weighted by molar-refractivity contribution is 0.274. The molecule has 32 heavy (non-hydrogen) atoms. The zero-order chi connectivity index (χ0) is 22.2. The summed E-state index contributed by atoms with van der Waals surface area (Å²) in [6.07, 6.45) is 3.12. The summed E-state index contributed by atoms with van der Waals surface area (Å²) in [6, 6.07) is 9.12. The molecule has 0 amide bonds. The monoisotopic (exact) mass is 433 g/mol. The molecule has 10 heteroatoms. The van der Waals surface area contributed by atoms with Crippen molar-refractivity contribution in [3.8, 4) is 0 Å². The van der Waals surface area contributed by atoms with Crippen LogP contribution in [0.25, 0.3) is 21.9 Å². The molecule has 0 saturated carbocycles. The Bertz CT molecular complexity index is 1420. The Labute approximate surface area is 183 Å². The van der Waals surface area contributed by atoms with Crippen LogP contribution in [0.1, 0.15) is 0 Å². The van der Waals surface area contributed by atoms with Gasteiger partial charge in [-0.05, 0) is 30.3 Å². The van der Waals surface area contributed by atoms with Crippen molar-refractivity contribution in [3.05, 3.63) is 63.6 Å². The molecular formula is C22H23N7O3. The highest BCUT2D eigenvalue weighted by molar-refractivity contribution is 5.81. The van der Waals surface area contributed by atoms with E-state index >= 15 is 0 Å². The Morgan fingerprint density at radius 2 is 1.75 bits per heavy atom. The van der Waals surface area contributed by atoms with Crippen LogP contribution in [-0.4, -0.2) is 62.0 Å². The number of aliphatic hydroxyl groups is 1. The van der Waals surface area contributed by atoms with Crippen LogP contribution in [0.4, 0.5) is 11.6 Å². The quantitative estimate of drug-likeness (QED) is 0.491. The van der Waals surface area contributed by atoms with E-state index in [9.17, 15) is 9.59 Å². The van der Waals surface area contributed by atoms with Crippen LogP contribution in [-0.2, 0) is 13.6 Å². The van der Waals surface area contributed by atoms with E-state index in [1.54, 1.807) is 36.0 Å². The predicted octanol–water partition coefficient (Wildman–Crippen LogP) is 0.357. The third-order valence-electron chi connectivity index (χ3n) is 5.90. The molecule has 0 radical (unpaired) electrons. The molecule has 1 N–H and O–H groups in total. The van der Waals surface area contributed by atoms with Crippen molar-refractivity contribution >= 4 is 33.6 Å². The van der Waals surface area contributed by atoms with Crippen LogP contribution in [0.2, 0.25) is 0 Å². The van der Waals surface area contributed by atoms with Gasteiger partial charge in [-0.1, -0.05) is 0 Å². The van der Waals surface area contributed by atoms with E-state index < -0.39 is 0 Å². The number of anilines is 2. The van der Waals surface area contributed by atoms with E-state index in [1.807, 2.05) is 12.1 Å². The number of rotatable bonds is 4. The predicted molar refractivity (Wildman–Crippen MR) is 122 cm³/mol. The summed E-state index contributed by atoms with van der Waals surface area (Å²) in [4.78, 5) is 42.8. The topological polar surface area (TPSA) is 109 Å². The molecule has 4 aromatic rings. The number of hydrogen-bond donors (Lipinski definition) is 1. The summed E-state index contributed by atoms with van der Waals surface area (Å²) in [5.41, 5.74) is 1.82. The summed E-state index contributed by atoms with van der Waals surface area (Å²) in [6.45, 7) is 2.99. The summed E-state index contributed by atoms with van der Waals surface area (Å²) in [5, 5.41) is 10.1. The van der Waals surface area contributed by atoms with Gasteiger partial charge in [0.2, 0.25) is 5.95 Å². The Morgan fingerprint density at radius 3 is 2.53 bits per heavy atom. The fourth-order valence-corrected chi connectivity index (χ4v) is 4.15. The normalized spacial score (nSPS) is 14.4. The highest BCUT2D eigenvalue weighted by Crippen LogP contribution is 2.22. The van der Waals surface area contributed by atoms with Gasteiger partial charge in [-0.25, -0.2) is 9.97 Å². The minimum Gasteiger partial charge on any atom is -0.395 e. The van der Waals surface area contributed by atoms with Gasteiger partial charge in [-0.3, -0.25) is 18.7 Å². The van der Waals surface area contributed by atoms with Crippen LogP contribution in [0.15, 0.2) is 52.4 Å². The van der Waals surface area contributed by atoms with Crippen LogP contribution in [0, 0.1) is 0 Å². The maximum atomic E-state index is 12.7. The Kier molecular flexibility index (Phi) is 5.06. The molecule has 1 saturated heterocycles. The molecule has 1 fully saturated rings. The molecule has 0 atom stereocenters. The lowest BCUT2D eigenvalue weighted by Crippen LogP contribution is -2.48. The fourth-order valence-electron chi connectivity index (χ4n) is 4.15.